The fraction of sp³-hybridized carbons (Fsp3) is 0.486. The van der Waals surface area contributed by atoms with Crippen LogP contribution in [0.5, 0.6) is 0 Å². The van der Waals surface area contributed by atoms with Crippen LogP contribution in [0.3, 0.4) is 0 Å². The highest BCUT2D eigenvalue weighted by Crippen LogP contribution is 2.22. The molecule has 50 heavy (non-hydrogen) atoms. The predicted molar refractivity (Wildman–Crippen MR) is 188 cm³/mol. The largest absolute Gasteiger partial charge is 0.447 e. The van der Waals surface area contributed by atoms with Gasteiger partial charge in [-0.2, -0.15) is 0 Å². The number of nitrogens with zero attached hydrogens (tertiary/aromatic N) is 3. The molecule has 2 aromatic carbocycles. The Hall–Kier alpha value is -4.91. The number of likely N-dealkylation sites (tertiary alicyclic amines) is 1. The molecule has 0 spiro atoms. The summed E-state index contributed by atoms with van der Waals surface area (Å²) in [5, 5.41) is 8.05. The molecule has 1 aliphatic heterocycles. The molecule has 1 saturated heterocycles. The summed E-state index contributed by atoms with van der Waals surface area (Å²) in [5.74, 6) is -0.390. The number of benzene rings is 2. The molecule has 0 radical (unpaired) electrons. The summed E-state index contributed by atoms with van der Waals surface area (Å²) < 4.78 is 18.7. The third-order valence-electron chi connectivity index (χ3n) is 8.20. The van der Waals surface area contributed by atoms with Gasteiger partial charge < -0.3 is 39.6 Å². The molecule has 2 atom stereocenters. The van der Waals surface area contributed by atoms with Gasteiger partial charge in [-0.25, -0.2) is 14.6 Å². The van der Waals surface area contributed by atoms with E-state index in [0.29, 0.717) is 19.0 Å². The van der Waals surface area contributed by atoms with E-state index in [2.05, 4.69) is 27.9 Å². The molecule has 13 nitrogen and oxygen atoms in total. The third kappa shape index (κ3) is 11.6. The van der Waals surface area contributed by atoms with Crippen LogP contribution in [0.4, 0.5) is 15.4 Å². The van der Waals surface area contributed by atoms with Crippen molar-refractivity contribution in [3.8, 4) is 0 Å². The zero-order valence-corrected chi connectivity index (χ0v) is 29.8. The molecular weight excluding hydrogens is 640 g/mol. The lowest BCUT2D eigenvalue weighted by Crippen LogP contribution is -2.59. The van der Waals surface area contributed by atoms with Crippen LogP contribution in [-0.4, -0.2) is 81.9 Å². The van der Waals surface area contributed by atoms with Crippen LogP contribution >= 0.6 is 0 Å². The minimum Gasteiger partial charge on any atom is -0.447 e. The lowest BCUT2D eigenvalue weighted by molar-refractivity contribution is -0.131. The van der Waals surface area contributed by atoms with E-state index in [1.54, 1.807) is 42.8 Å². The molecule has 0 aliphatic carbocycles. The van der Waals surface area contributed by atoms with E-state index in [1.807, 2.05) is 60.7 Å². The molecular formula is C37H50N6O7. The van der Waals surface area contributed by atoms with Crippen LogP contribution in [0, 0.1) is 5.92 Å². The van der Waals surface area contributed by atoms with Crippen LogP contribution in [-0.2, 0) is 30.4 Å². The number of anilines is 1. The van der Waals surface area contributed by atoms with E-state index in [4.69, 9.17) is 14.2 Å². The molecule has 13 heteroatoms. The standard InChI is InChI=1S/C37H50N6O7/c1-26-17-19-42(20-18-26)35(47)49-24-30(28-15-11-8-12-16-28)43-21-31(38-25-43)40-32(44)29(23-48-22-27-13-9-7-10-14-27)39-33(45)37(5,6)41-34(46)50-36(2,3)4/h7-16,21,25-26,29-30H,17-20,22-24H2,1-6H3,(H,39,45)(H,40,44)(H,41,46)/t29-,30?/m1/s1. The Balaban J connectivity index is 1.46. The summed E-state index contributed by atoms with van der Waals surface area (Å²) in [6, 6.07) is 17.4. The first kappa shape index (κ1) is 37.9. The summed E-state index contributed by atoms with van der Waals surface area (Å²) in [6.07, 6.45) is 3.95. The number of amides is 4. The Morgan fingerprint density at radius 2 is 1.56 bits per heavy atom. The van der Waals surface area contributed by atoms with Crippen molar-refractivity contribution in [2.45, 2.75) is 84.2 Å². The van der Waals surface area contributed by atoms with Crippen molar-refractivity contribution < 1.29 is 33.4 Å². The number of piperidine rings is 1. The molecule has 3 N–H and O–H groups in total. The Morgan fingerprint density at radius 1 is 0.920 bits per heavy atom. The predicted octanol–water partition coefficient (Wildman–Crippen LogP) is 5.28. The van der Waals surface area contributed by atoms with Crippen LogP contribution < -0.4 is 16.0 Å². The summed E-state index contributed by atoms with van der Waals surface area (Å²) in [6.45, 7) is 11.8. The Morgan fingerprint density at radius 3 is 2.20 bits per heavy atom. The zero-order chi connectivity index (χ0) is 36.3. The van der Waals surface area contributed by atoms with E-state index in [0.717, 1.165) is 24.0 Å². The number of nitrogens with one attached hydrogen (secondary N) is 3. The topological polar surface area (TPSA) is 153 Å². The van der Waals surface area contributed by atoms with E-state index in [9.17, 15) is 19.2 Å². The van der Waals surface area contributed by atoms with Crippen molar-refractivity contribution >= 4 is 29.8 Å². The smallest absolute Gasteiger partial charge is 0.409 e. The third-order valence-corrected chi connectivity index (χ3v) is 8.20. The maximum atomic E-state index is 13.6. The van der Waals surface area contributed by atoms with Crippen molar-refractivity contribution in [3.63, 3.8) is 0 Å². The number of aromatic nitrogens is 2. The first-order valence-electron chi connectivity index (χ1n) is 16.9. The fourth-order valence-corrected chi connectivity index (χ4v) is 5.25. The molecule has 1 aromatic heterocycles. The summed E-state index contributed by atoms with van der Waals surface area (Å²) >= 11 is 0. The minimum absolute atomic E-state index is 0.0599. The molecule has 2 heterocycles. The van der Waals surface area contributed by atoms with Gasteiger partial charge in [-0.1, -0.05) is 67.6 Å². The lowest BCUT2D eigenvalue weighted by atomic mass is 10.00. The number of carbonyl (C=O) groups excluding carboxylic acids is 4. The Kier molecular flexibility index (Phi) is 13.0. The summed E-state index contributed by atoms with van der Waals surface area (Å²) in [4.78, 5) is 58.5. The van der Waals surface area contributed by atoms with Crippen LogP contribution in [0.1, 0.15) is 71.6 Å². The molecule has 4 amide bonds. The average Bonchev–Trinajstić information content (AvgIpc) is 3.52. The number of carbonyl (C=O) groups is 4. The van der Waals surface area contributed by atoms with Gasteiger partial charge in [0.15, 0.2) is 5.82 Å². The van der Waals surface area contributed by atoms with Gasteiger partial charge in [0.2, 0.25) is 5.91 Å². The summed E-state index contributed by atoms with van der Waals surface area (Å²) in [7, 11) is 0. The van der Waals surface area contributed by atoms with Gasteiger partial charge in [0.1, 0.15) is 23.8 Å². The van der Waals surface area contributed by atoms with Crippen molar-refractivity contribution in [2.24, 2.45) is 5.92 Å². The number of alkyl carbamates (subject to hydrolysis) is 1. The second kappa shape index (κ2) is 17.1. The van der Waals surface area contributed by atoms with Crippen LogP contribution in [0.2, 0.25) is 0 Å². The van der Waals surface area contributed by atoms with Gasteiger partial charge in [-0.05, 0) is 64.5 Å². The number of rotatable bonds is 13. The van der Waals surface area contributed by atoms with E-state index >= 15 is 0 Å². The highest BCUT2D eigenvalue weighted by molar-refractivity contribution is 5.98. The molecule has 3 aromatic rings. The quantitative estimate of drug-likeness (QED) is 0.219. The Labute approximate surface area is 294 Å². The van der Waals surface area contributed by atoms with Crippen molar-refractivity contribution in [1.29, 1.82) is 0 Å². The minimum atomic E-state index is -1.42. The van der Waals surface area contributed by atoms with Crippen molar-refractivity contribution in [2.75, 3.05) is 31.6 Å². The van der Waals surface area contributed by atoms with Crippen LogP contribution in [0.25, 0.3) is 0 Å². The van der Waals surface area contributed by atoms with Gasteiger partial charge >= 0.3 is 12.2 Å². The van der Waals surface area contributed by atoms with Gasteiger partial charge in [-0.15, -0.1) is 0 Å². The van der Waals surface area contributed by atoms with E-state index < -0.39 is 41.1 Å². The second-order valence-corrected chi connectivity index (χ2v) is 14.1. The first-order valence-corrected chi connectivity index (χ1v) is 16.9. The number of ether oxygens (including phenoxy) is 3. The second-order valence-electron chi connectivity index (χ2n) is 14.1. The van der Waals surface area contributed by atoms with Crippen LogP contribution in [0.15, 0.2) is 73.2 Å². The molecule has 1 aliphatic rings. The monoisotopic (exact) mass is 690 g/mol. The maximum Gasteiger partial charge on any atom is 0.409 e. The fourth-order valence-electron chi connectivity index (χ4n) is 5.25. The lowest BCUT2D eigenvalue weighted by Gasteiger charge is -2.30. The SMILES string of the molecule is CC1CCN(C(=O)OCC(c2ccccc2)n2cnc(NC(=O)[C@@H](COCc3ccccc3)NC(=O)C(C)(C)NC(=O)OC(C)(C)C)c2)CC1. The molecule has 270 valence electrons. The van der Waals surface area contributed by atoms with E-state index in [-0.39, 0.29) is 31.7 Å². The average molecular weight is 691 g/mol. The van der Waals surface area contributed by atoms with Gasteiger partial charge in [0.25, 0.3) is 5.91 Å². The number of imidazole rings is 1. The maximum absolute atomic E-state index is 13.6. The van der Waals surface area contributed by atoms with Crippen molar-refractivity contribution in [1.82, 2.24) is 25.1 Å². The van der Waals surface area contributed by atoms with Gasteiger partial charge in [-0.3, -0.25) is 9.59 Å². The molecule has 1 unspecified atom stereocenters. The molecule has 0 saturated carbocycles. The zero-order valence-electron chi connectivity index (χ0n) is 29.8. The Bertz CT molecular complexity index is 1560. The van der Waals surface area contributed by atoms with E-state index in [1.165, 1.54) is 13.8 Å². The molecule has 0 bridgehead atoms. The highest BCUT2D eigenvalue weighted by atomic mass is 16.6. The van der Waals surface area contributed by atoms with Gasteiger partial charge in [0, 0.05) is 19.3 Å². The molecule has 1 fully saturated rings. The van der Waals surface area contributed by atoms with Crippen molar-refractivity contribution in [3.05, 3.63) is 84.3 Å². The van der Waals surface area contributed by atoms with Gasteiger partial charge in [0.05, 0.1) is 25.6 Å². The summed E-state index contributed by atoms with van der Waals surface area (Å²) in [5.41, 5.74) is -0.399. The first-order chi connectivity index (χ1) is 23.7. The number of hydrogen-bond acceptors (Lipinski definition) is 8. The number of hydrogen-bond donors (Lipinski definition) is 3. The highest BCUT2D eigenvalue weighted by Gasteiger charge is 2.35. The molecule has 4 rings (SSSR count). The normalized spacial score (nSPS) is 15.0.